The van der Waals surface area contributed by atoms with E-state index in [1.807, 2.05) is 6.07 Å². The summed E-state index contributed by atoms with van der Waals surface area (Å²) in [5, 5.41) is 12.0. The summed E-state index contributed by atoms with van der Waals surface area (Å²) in [6.45, 7) is 2.62. The molecule has 1 aliphatic carbocycles. The van der Waals surface area contributed by atoms with Crippen LogP contribution >= 0.6 is 0 Å². The fraction of sp³-hybridized carbons (Fsp3) is 0.500. The average molecular weight is 615 g/mol. The minimum absolute atomic E-state index is 0.121. The molecule has 10 nitrogen and oxygen atoms in total. The number of aliphatic hydroxyl groups is 1. The highest BCUT2D eigenvalue weighted by atomic mass is 32.2. The number of hydrogen-bond donors (Lipinski definition) is 3. The summed E-state index contributed by atoms with van der Waals surface area (Å²) in [4.78, 5) is 26.8. The number of anilines is 4. The van der Waals surface area contributed by atoms with Crippen LogP contribution in [0.3, 0.4) is 0 Å². The third-order valence-corrected chi connectivity index (χ3v) is 10.7. The van der Waals surface area contributed by atoms with Crippen LogP contribution in [0.5, 0.6) is 0 Å². The van der Waals surface area contributed by atoms with Crippen molar-refractivity contribution in [1.82, 2.24) is 9.97 Å². The second kappa shape index (κ2) is 11.2. The number of aromatic nitrogens is 2. The van der Waals surface area contributed by atoms with Crippen molar-refractivity contribution in [1.29, 1.82) is 0 Å². The molecule has 1 atom stereocenters. The third kappa shape index (κ3) is 6.23. The van der Waals surface area contributed by atoms with Gasteiger partial charge in [-0.3, -0.25) is 14.5 Å². The Labute approximate surface area is 249 Å². The molecule has 3 fully saturated rings. The van der Waals surface area contributed by atoms with Crippen LogP contribution in [0.15, 0.2) is 42.6 Å². The average Bonchev–Trinajstić information content (AvgIpc) is 3.74. The predicted molar refractivity (Wildman–Crippen MR) is 163 cm³/mol. The van der Waals surface area contributed by atoms with Gasteiger partial charge in [-0.25, -0.2) is 22.2 Å². The molecule has 1 spiro atoms. The van der Waals surface area contributed by atoms with Crippen LogP contribution in [0.2, 0.25) is 0 Å². The molecule has 2 saturated heterocycles. The molecule has 0 unspecified atom stereocenters. The zero-order valence-corrected chi connectivity index (χ0v) is 24.8. The second-order valence-corrected chi connectivity index (χ2v) is 14.2. The number of fused-ring (bicyclic) bond motifs is 1. The van der Waals surface area contributed by atoms with Gasteiger partial charge < -0.3 is 20.2 Å². The highest BCUT2D eigenvalue weighted by Gasteiger charge is 2.44. The van der Waals surface area contributed by atoms with Gasteiger partial charge in [0.15, 0.2) is 5.82 Å². The molecule has 2 aromatic heterocycles. The third-order valence-electron chi connectivity index (χ3n) is 9.02. The molecule has 4 heterocycles. The minimum atomic E-state index is -3.83. The van der Waals surface area contributed by atoms with Gasteiger partial charge in [0.05, 0.1) is 23.5 Å². The minimum Gasteiger partial charge on any atom is -0.395 e. The van der Waals surface area contributed by atoms with E-state index in [4.69, 9.17) is 0 Å². The summed E-state index contributed by atoms with van der Waals surface area (Å²) in [5.74, 6) is -2.43. The van der Waals surface area contributed by atoms with Crippen molar-refractivity contribution >= 4 is 49.8 Å². The van der Waals surface area contributed by atoms with Crippen molar-refractivity contribution in [2.75, 3.05) is 52.6 Å². The van der Waals surface area contributed by atoms with Crippen molar-refractivity contribution in [3.05, 3.63) is 48.2 Å². The maximum atomic E-state index is 13.9. The number of hydrogen-bond acceptors (Lipinski definition) is 8. The Bertz CT molecular complexity index is 1630. The quantitative estimate of drug-likeness (QED) is 0.336. The first-order valence-electron chi connectivity index (χ1n) is 14.7. The molecule has 230 valence electrons. The molecule has 43 heavy (non-hydrogen) atoms. The summed E-state index contributed by atoms with van der Waals surface area (Å²) in [7, 11) is -3.83. The zero-order chi connectivity index (χ0) is 30.4. The highest BCUT2D eigenvalue weighted by molar-refractivity contribution is 7.93. The predicted octanol–water partition coefficient (Wildman–Crippen LogP) is 4.62. The van der Waals surface area contributed by atoms with Crippen molar-refractivity contribution in [2.45, 2.75) is 56.6 Å². The number of amides is 1. The van der Waals surface area contributed by atoms with Gasteiger partial charge in [-0.15, -0.1) is 0 Å². The molecule has 1 amide bonds. The van der Waals surface area contributed by atoms with Gasteiger partial charge in [0.2, 0.25) is 10.0 Å². The van der Waals surface area contributed by atoms with E-state index in [2.05, 4.69) is 24.9 Å². The molecule has 3 N–H and O–H groups in total. The number of nitrogens with zero attached hydrogens (tertiary/aromatic N) is 4. The van der Waals surface area contributed by atoms with Crippen LogP contribution in [-0.2, 0) is 10.0 Å². The van der Waals surface area contributed by atoms with E-state index in [0.29, 0.717) is 39.1 Å². The van der Waals surface area contributed by atoms with Gasteiger partial charge in [-0.1, -0.05) is 6.07 Å². The van der Waals surface area contributed by atoms with Crippen molar-refractivity contribution in [3.8, 4) is 0 Å². The second-order valence-electron chi connectivity index (χ2n) is 12.1. The molecule has 6 rings (SSSR count). The van der Waals surface area contributed by atoms with E-state index in [-0.39, 0.29) is 31.7 Å². The normalized spacial score (nSPS) is 20.2. The summed E-state index contributed by atoms with van der Waals surface area (Å²) < 4.78 is 55.6. The van der Waals surface area contributed by atoms with E-state index in [1.54, 1.807) is 35.4 Å². The zero-order valence-electron chi connectivity index (χ0n) is 24.0. The van der Waals surface area contributed by atoms with E-state index in [9.17, 15) is 27.1 Å². The fourth-order valence-corrected chi connectivity index (χ4v) is 6.74. The number of piperidine rings is 2. The lowest BCUT2D eigenvalue weighted by molar-refractivity contribution is -0.0221. The van der Waals surface area contributed by atoms with E-state index >= 15 is 0 Å². The SMILES string of the molecule is C[C@H](CO)S(=O)(=O)Nc1ccc(C(=O)Nc2cc3cccnc3c(N3CCC(F)(F)CC3)n2)c(N2CCC3(CC2)CC3)c1. The fourth-order valence-electron chi connectivity index (χ4n) is 5.89. The monoisotopic (exact) mass is 614 g/mol. The molecule has 0 radical (unpaired) electrons. The maximum Gasteiger partial charge on any atom is 0.258 e. The first-order chi connectivity index (χ1) is 20.5. The first kappa shape index (κ1) is 29.5. The highest BCUT2D eigenvalue weighted by Crippen LogP contribution is 2.54. The topological polar surface area (TPSA) is 128 Å². The van der Waals surface area contributed by atoms with Crippen LogP contribution in [-0.4, -0.2) is 73.4 Å². The van der Waals surface area contributed by atoms with Crippen LogP contribution in [0.1, 0.15) is 55.8 Å². The summed E-state index contributed by atoms with van der Waals surface area (Å²) >= 11 is 0. The maximum absolute atomic E-state index is 13.9. The lowest BCUT2D eigenvalue weighted by atomic mass is 9.93. The molecule has 3 aliphatic rings. The molecular weight excluding hydrogens is 578 g/mol. The van der Waals surface area contributed by atoms with E-state index < -0.39 is 33.7 Å². The number of carbonyl (C=O) groups is 1. The van der Waals surface area contributed by atoms with Crippen LogP contribution < -0.4 is 19.8 Å². The summed E-state index contributed by atoms with van der Waals surface area (Å²) in [6.07, 6.45) is 5.49. The standard InChI is InChI=1S/C30H36F2N6O4S/c1-20(19-39)43(41,42)36-22-4-5-23(24(18-22)37-13-8-29(6-7-29)9-14-37)28(40)35-25-17-21-3-2-12-33-26(21)27(34-25)38-15-10-30(31,32)11-16-38/h2-5,12,17-18,20,36,39H,6-11,13-16,19H2,1H3,(H,34,35,40)/t20-/m1/s1. The van der Waals surface area contributed by atoms with Gasteiger partial charge in [0.1, 0.15) is 16.6 Å². The Morgan fingerprint density at radius 3 is 2.40 bits per heavy atom. The molecule has 1 aromatic carbocycles. The van der Waals surface area contributed by atoms with Gasteiger partial charge in [-0.2, -0.15) is 0 Å². The Balaban J connectivity index is 1.31. The van der Waals surface area contributed by atoms with Gasteiger partial charge in [0, 0.05) is 50.6 Å². The largest absolute Gasteiger partial charge is 0.395 e. The molecule has 3 aromatic rings. The van der Waals surface area contributed by atoms with E-state index in [0.717, 1.165) is 25.9 Å². The Hall–Kier alpha value is -3.58. The smallest absolute Gasteiger partial charge is 0.258 e. The first-order valence-corrected chi connectivity index (χ1v) is 16.2. The Kier molecular flexibility index (Phi) is 7.66. The van der Waals surface area contributed by atoms with Gasteiger partial charge in [0.25, 0.3) is 11.8 Å². The Morgan fingerprint density at radius 2 is 1.72 bits per heavy atom. The number of carbonyl (C=O) groups excluding carboxylic acids is 1. The Morgan fingerprint density at radius 1 is 1.02 bits per heavy atom. The number of nitrogens with one attached hydrogen (secondary N) is 2. The summed E-state index contributed by atoms with van der Waals surface area (Å²) in [6, 6.07) is 10.1. The number of pyridine rings is 2. The molecule has 13 heteroatoms. The molecule has 1 saturated carbocycles. The molecule has 0 bridgehead atoms. The lowest BCUT2D eigenvalue weighted by Gasteiger charge is -2.35. The van der Waals surface area contributed by atoms with Crippen molar-refractivity contribution in [3.63, 3.8) is 0 Å². The number of benzene rings is 1. The number of rotatable bonds is 8. The van der Waals surface area contributed by atoms with Crippen LogP contribution in [0.4, 0.5) is 31.8 Å². The molecule has 2 aliphatic heterocycles. The number of alkyl halides is 2. The number of halogens is 2. The van der Waals surface area contributed by atoms with E-state index in [1.165, 1.54) is 25.8 Å². The summed E-state index contributed by atoms with van der Waals surface area (Å²) in [5.41, 5.74) is 2.23. The number of sulfonamides is 1. The van der Waals surface area contributed by atoms with Gasteiger partial charge >= 0.3 is 0 Å². The van der Waals surface area contributed by atoms with Gasteiger partial charge in [-0.05, 0) is 68.4 Å². The number of aliphatic hydroxyl groups excluding tert-OH is 1. The van der Waals surface area contributed by atoms with Crippen molar-refractivity contribution in [2.24, 2.45) is 5.41 Å². The van der Waals surface area contributed by atoms with Crippen LogP contribution in [0.25, 0.3) is 10.9 Å². The van der Waals surface area contributed by atoms with Crippen LogP contribution in [0, 0.1) is 5.41 Å². The lowest BCUT2D eigenvalue weighted by Crippen LogP contribution is -2.40. The van der Waals surface area contributed by atoms with Crippen molar-refractivity contribution < 1.29 is 27.1 Å². The molecular formula is C30H36F2N6O4S.